The molecule has 190 valence electrons. The lowest BCUT2D eigenvalue weighted by molar-refractivity contribution is -0.143. The van der Waals surface area contributed by atoms with Gasteiger partial charge in [0.15, 0.2) is 0 Å². The van der Waals surface area contributed by atoms with Crippen LogP contribution in [0.2, 0.25) is 0 Å². The number of piperidine rings is 2. The van der Waals surface area contributed by atoms with Crippen molar-refractivity contribution in [2.24, 2.45) is 0 Å². The van der Waals surface area contributed by atoms with Crippen molar-refractivity contribution in [1.29, 1.82) is 0 Å². The maximum Gasteiger partial charge on any atom is 0.416 e. The first kappa shape index (κ1) is 25.2. The number of fused-ring (bicyclic) bond motifs is 1. The zero-order valence-electron chi connectivity index (χ0n) is 18.8. The number of hydrogen-bond acceptors (Lipinski definition) is 4. The molecule has 11 heteroatoms. The quantitative estimate of drug-likeness (QED) is 0.637. The third kappa shape index (κ3) is 5.68. The fourth-order valence-corrected chi connectivity index (χ4v) is 5.21. The zero-order valence-corrected chi connectivity index (χ0v) is 18.8. The summed E-state index contributed by atoms with van der Waals surface area (Å²) < 4.78 is 84.2. The van der Waals surface area contributed by atoms with E-state index in [0.717, 1.165) is 6.42 Å². The highest BCUT2D eigenvalue weighted by Gasteiger charge is 2.44. The van der Waals surface area contributed by atoms with E-state index < -0.39 is 41.8 Å². The molecule has 0 aromatic heterocycles. The molecule has 34 heavy (non-hydrogen) atoms. The minimum atomic E-state index is -4.91. The second kappa shape index (κ2) is 8.98. The maximum absolute atomic E-state index is 13.1. The van der Waals surface area contributed by atoms with Crippen LogP contribution in [0.25, 0.3) is 0 Å². The van der Waals surface area contributed by atoms with E-state index in [0.29, 0.717) is 50.9 Å². The van der Waals surface area contributed by atoms with Gasteiger partial charge in [-0.1, -0.05) is 0 Å². The van der Waals surface area contributed by atoms with Crippen LogP contribution < -0.4 is 0 Å². The molecule has 4 rings (SSSR count). The molecule has 5 nitrogen and oxygen atoms in total. The van der Waals surface area contributed by atoms with Gasteiger partial charge in [-0.25, -0.2) is 0 Å². The lowest BCUT2D eigenvalue weighted by atomic mass is 9.89. The molecule has 3 atom stereocenters. The number of rotatable bonds is 4. The lowest BCUT2D eigenvalue weighted by Crippen LogP contribution is -2.54. The molecule has 3 saturated heterocycles. The Labute approximate surface area is 193 Å². The summed E-state index contributed by atoms with van der Waals surface area (Å²) in [4.78, 5) is 16.7. The van der Waals surface area contributed by atoms with E-state index in [9.17, 15) is 36.2 Å². The molecular formula is C23H28F6N2O3. The highest BCUT2D eigenvalue weighted by atomic mass is 19.4. The molecule has 3 aliphatic rings. The van der Waals surface area contributed by atoms with Crippen molar-refractivity contribution in [2.45, 2.75) is 81.8 Å². The Bertz CT molecular complexity index is 875. The van der Waals surface area contributed by atoms with Crippen molar-refractivity contribution >= 4 is 5.91 Å². The van der Waals surface area contributed by atoms with Crippen molar-refractivity contribution in [1.82, 2.24) is 9.80 Å². The van der Waals surface area contributed by atoms with Crippen LogP contribution in [0.15, 0.2) is 18.2 Å². The molecule has 0 aliphatic carbocycles. The SMILES string of the molecule is CC1(O)CCN(C2CC(=O)N3CC(OCc4cc(C(F)(F)F)cc(C(F)(F)F)c4)CC3C2)CC1. The number of amides is 1. The average Bonchev–Trinajstić information content (AvgIpc) is 3.14. The molecule has 3 fully saturated rings. The van der Waals surface area contributed by atoms with Crippen LogP contribution in [0.5, 0.6) is 0 Å². The second-order valence-corrected chi connectivity index (χ2v) is 9.91. The standard InChI is InChI=1S/C23H28F6N2O3/c1-21(33)2-4-30(5-3-21)17-9-18-10-19(12-31(18)20(32)11-17)34-13-14-6-15(22(24,25)26)8-16(7-14)23(27,28)29/h6-8,17-19,33H,2-5,9-13H2,1H3. The maximum atomic E-state index is 13.1. The first-order valence-electron chi connectivity index (χ1n) is 11.4. The van der Waals surface area contributed by atoms with Crippen LogP contribution in [0.3, 0.4) is 0 Å². The van der Waals surface area contributed by atoms with Gasteiger partial charge in [0.25, 0.3) is 0 Å². The van der Waals surface area contributed by atoms with E-state index in [1.165, 1.54) is 0 Å². The van der Waals surface area contributed by atoms with Crippen LogP contribution in [0, 0.1) is 0 Å². The molecular weight excluding hydrogens is 466 g/mol. The molecule has 0 spiro atoms. The first-order valence-corrected chi connectivity index (χ1v) is 11.4. The summed E-state index contributed by atoms with van der Waals surface area (Å²) in [6.45, 7) is 3.08. The Morgan fingerprint density at radius 3 is 2.15 bits per heavy atom. The van der Waals surface area contributed by atoms with Gasteiger partial charge in [0, 0.05) is 38.1 Å². The van der Waals surface area contributed by atoms with Gasteiger partial charge < -0.3 is 14.7 Å². The van der Waals surface area contributed by atoms with Crippen LogP contribution in [-0.2, 0) is 28.5 Å². The number of carbonyl (C=O) groups excluding carboxylic acids is 1. The summed E-state index contributed by atoms with van der Waals surface area (Å²) in [5, 5.41) is 10.2. The molecule has 3 unspecified atom stereocenters. The molecule has 0 saturated carbocycles. The van der Waals surface area contributed by atoms with Gasteiger partial charge in [0.05, 0.1) is 29.4 Å². The van der Waals surface area contributed by atoms with E-state index in [-0.39, 0.29) is 36.2 Å². The Hall–Kier alpha value is -1.85. The third-order valence-electron chi connectivity index (χ3n) is 7.18. The minimum Gasteiger partial charge on any atom is -0.390 e. The van der Waals surface area contributed by atoms with E-state index in [1.54, 1.807) is 11.8 Å². The second-order valence-electron chi connectivity index (χ2n) is 9.91. The highest BCUT2D eigenvalue weighted by molar-refractivity contribution is 5.78. The molecule has 3 heterocycles. The van der Waals surface area contributed by atoms with Gasteiger partial charge in [-0.2, -0.15) is 26.3 Å². The lowest BCUT2D eigenvalue weighted by Gasteiger charge is -2.44. The number of halogens is 6. The van der Waals surface area contributed by atoms with Gasteiger partial charge in [-0.05, 0) is 56.4 Å². The van der Waals surface area contributed by atoms with E-state index in [1.807, 2.05) is 0 Å². The number of carbonyl (C=O) groups is 1. The van der Waals surface area contributed by atoms with Gasteiger partial charge in [-0.15, -0.1) is 0 Å². The fourth-order valence-electron chi connectivity index (χ4n) is 5.21. The van der Waals surface area contributed by atoms with Crippen molar-refractivity contribution in [3.05, 3.63) is 34.9 Å². The van der Waals surface area contributed by atoms with E-state index in [2.05, 4.69) is 4.90 Å². The number of ether oxygens (including phenoxy) is 1. The fraction of sp³-hybridized carbons (Fsp3) is 0.696. The summed E-state index contributed by atoms with van der Waals surface area (Å²) >= 11 is 0. The molecule has 0 radical (unpaired) electrons. The van der Waals surface area contributed by atoms with Crippen LogP contribution >= 0.6 is 0 Å². The minimum absolute atomic E-state index is 0.0249. The highest BCUT2D eigenvalue weighted by Crippen LogP contribution is 2.37. The van der Waals surface area contributed by atoms with E-state index in [4.69, 9.17) is 4.74 Å². The smallest absolute Gasteiger partial charge is 0.390 e. The van der Waals surface area contributed by atoms with Gasteiger partial charge >= 0.3 is 12.4 Å². The number of benzene rings is 1. The average molecular weight is 494 g/mol. The summed E-state index contributed by atoms with van der Waals surface area (Å²) in [5.41, 5.74) is -3.65. The molecule has 0 bridgehead atoms. The Morgan fingerprint density at radius 2 is 1.59 bits per heavy atom. The van der Waals surface area contributed by atoms with Gasteiger partial charge in [-0.3, -0.25) is 9.69 Å². The summed E-state index contributed by atoms with van der Waals surface area (Å²) in [6.07, 6.45) is -7.44. The largest absolute Gasteiger partial charge is 0.416 e. The van der Waals surface area contributed by atoms with Crippen LogP contribution in [-0.4, -0.2) is 64.2 Å². The van der Waals surface area contributed by atoms with Gasteiger partial charge in [0.2, 0.25) is 5.91 Å². The van der Waals surface area contributed by atoms with Crippen LogP contribution in [0.1, 0.15) is 55.7 Å². The predicted molar refractivity (Wildman–Crippen MR) is 110 cm³/mol. The predicted octanol–water partition coefficient (Wildman–Crippen LogP) is 4.22. The Morgan fingerprint density at radius 1 is 1.00 bits per heavy atom. The number of hydrogen-bond donors (Lipinski definition) is 1. The number of alkyl halides is 6. The van der Waals surface area contributed by atoms with Crippen LogP contribution in [0.4, 0.5) is 26.3 Å². The summed E-state index contributed by atoms with van der Waals surface area (Å²) in [7, 11) is 0. The zero-order chi connectivity index (χ0) is 24.9. The number of likely N-dealkylation sites (tertiary alicyclic amines) is 1. The Kier molecular flexibility index (Phi) is 6.67. The summed E-state index contributed by atoms with van der Waals surface area (Å²) in [6, 6.07) is 1.42. The molecule has 1 N–H and O–H groups in total. The van der Waals surface area contributed by atoms with Crippen molar-refractivity contribution < 1.29 is 41.0 Å². The van der Waals surface area contributed by atoms with Gasteiger partial charge in [0.1, 0.15) is 0 Å². The topological polar surface area (TPSA) is 53.0 Å². The van der Waals surface area contributed by atoms with Crippen molar-refractivity contribution in [3.63, 3.8) is 0 Å². The normalized spacial score (nSPS) is 28.3. The molecule has 3 aliphatic heterocycles. The first-order chi connectivity index (χ1) is 15.7. The van der Waals surface area contributed by atoms with Crippen molar-refractivity contribution in [2.75, 3.05) is 19.6 Å². The number of nitrogens with zero attached hydrogens (tertiary/aromatic N) is 2. The van der Waals surface area contributed by atoms with E-state index >= 15 is 0 Å². The summed E-state index contributed by atoms with van der Waals surface area (Å²) in [5.74, 6) is -0.0249. The number of aliphatic hydroxyl groups is 1. The molecule has 1 aromatic carbocycles. The van der Waals surface area contributed by atoms with Crippen molar-refractivity contribution in [3.8, 4) is 0 Å². The molecule has 1 amide bonds. The Balaban J connectivity index is 1.38. The third-order valence-corrected chi connectivity index (χ3v) is 7.18. The molecule has 1 aromatic rings. The monoisotopic (exact) mass is 494 g/mol.